The van der Waals surface area contributed by atoms with Gasteiger partial charge >= 0.3 is 0 Å². The van der Waals surface area contributed by atoms with Crippen LogP contribution in [0.25, 0.3) is 0 Å². The summed E-state index contributed by atoms with van der Waals surface area (Å²) in [5, 5.41) is 2.94. The van der Waals surface area contributed by atoms with Gasteiger partial charge in [0.15, 0.2) is 5.17 Å². The lowest BCUT2D eigenvalue weighted by molar-refractivity contribution is -0.113. The van der Waals surface area contributed by atoms with Crippen molar-refractivity contribution in [3.05, 3.63) is 54.3 Å². The van der Waals surface area contributed by atoms with Gasteiger partial charge in [-0.3, -0.25) is 4.79 Å². The molecule has 0 spiro atoms. The highest BCUT2D eigenvalue weighted by Crippen LogP contribution is 2.34. The second-order valence-corrected chi connectivity index (χ2v) is 8.68. The number of sulfonamides is 1. The fourth-order valence-electron chi connectivity index (χ4n) is 2.70. The molecule has 148 valence electrons. The van der Waals surface area contributed by atoms with Crippen molar-refractivity contribution in [1.29, 1.82) is 0 Å². The number of hydrogen-bond acceptors (Lipinski definition) is 5. The predicted octanol–water partition coefficient (Wildman–Crippen LogP) is 3.86. The Kier molecular flexibility index (Phi) is 6.35. The van der Waals surface area contributed by atoms with E-state index < -0.39 is 10.0 Å². The molecule has 0 aromatic heterocycles. The van der Waals surface area contributed by atoms with Crippen LogP contribution in [-0.2, 0) is 14.8 Å². The van der Waals surface area contributed by atoms with E-state index in [0.717, 1.165) is 24.6 Å². The van der Waals surface area contributed by atoms with E-state index in [0.29, 0.717) is 17.9 Å². The zero-order chi connectivity index (χ0) is 20.1. The van der Waals surface area contributed by atoms with E-state index >= 15 is 0 Å². The van der Waals surface area contributed by atoms with Crippen LogP contribution in [-0.4, -0.2) is 31.8 Å². The average molecular weight is 422 g/mol. The summed E-state index contributed by atoms with van der Waals surface area (Å²) < 4.78 is 41.9. The summed E-state index contributed by atoms with van der Waals surface area (Å²) in [6, 6.07) is 12.2. The van der Waals surface area contributed by atoms with E-state index in [1.165, 1.54) is 30.3 Å². The van der Waals surface area contributed by atoms with Crippen LogP contribution < -0.4 is 10.2 Å². The fourth-order valence-corrected chi connectivity index (χ4v) is 4.98. The molecule has 0 radical (unpaired) electrons. The molecule has 0 saturated carbocycles. The molecular weight excluding hydrogens is 401 g/mol. The number of carbonyl (C=O) groups is 1. The molecule has 0 saturated heterocycles. The minimum atomic E-state index is -3.81. The molecule has 6 nitrogen and oxygen atoms in total. The standard InChI is InChI=1S/C19H20FN3O3S2/c1-2-3-12-23-16-6-4-5-7-17(16)28(25,26)22-19(23)27-13-18(24)21-15-10-8-14(20)9-11-15/h4-11H,2-3,12-13H2,1H3,(H,21,24). The smallest absolute Gasteiger partial charge is 0.286 e. The highest BCUT2D eigenvalue weighted by Gasteiger charge is 2.30. The molecule has 0 aliphatic carbocycles. The Morgan fingerprint density at radius 2 is 1.89 bits per heavy atom. The summed E-state index contributed by atoms with van der Waals surface area (Å²) in [5.41, 5.74) is 1.05. The topological polar surface area (TPSA) is 78.8 Å². The van der Waals surface area contributed by atoms with E-state index in [4.69, 9.17) is 0 Å². The minimum absolute atomic E-state index is 0.0173. The Hall–Kier alpha value is -2.39. The lowest BCUT2D eigenvalue weighted by Crippen LogP contribution is -2.35. The van der Waals surface area contributed by atoms with Gasteiger partial charge in [-0.25, -0.2) is 4.39 Å². The van der Waals surface area contributed by atoms with Gasteiger partial charge in [0.2, 0.25) is 5.91 Å². The number of fused-ring (bicyclic) bond motifs is 1. The average Bonchev–Trinajstić information content (AvgIpc) is 2.67. The van der Waals surface area contributed by atoms with Crippen molar-refractivity contribution >= 4 is 44.2 Å². The van der Waals surface area contributed by atoms with Crippen LogP contribution in [0.1, 0.15) is 19.8 Å². The van der Waals surface area contributed by atoms with E-state index in [2.05, 4.69) is 9.71 Å². The first-order valence-corrected chi connectivity index (χ1v) is 11.2. The molecule has 0 unspecified atom stereocenters. The molecule has 1 heterocycles. The van der Waals surface area contributed by atoms with Crippen molar-refractivity contribution in [1.82, 2.24) is 0 Å². The number of para-hydroxylation sites is 1. The van der Waals surface area contributed by atoms with E-state index in [1.54, 1.807) is 18.2 Å². The first-order chi connectivity index (χ1) is 13.4. The molecule has 9 heteroatoms. The van der Waals surface area contributed by atoms with Crippen molar-refractivity contribution in [2.24, 2.45) is 4.40 Å². The van der Waals surface area contributed by atoms with Gasteiger partial charge in [0.25, 0.3) is 10.0 Å². The molecule has 3 rings (SSSR count). The van der Waals surface area contributed by atoms with Crippen LogP contribution in [0.3, 0.4) is 0 Å². The third-order valence-electron chi connectivity index (χ3n) is 4.06. The number of halogens is 1. The number of amidine groups is 1. The Labute approximate surface area is 167 Å². The quantitative estimate of drug-likeness (QED) is 0.766. The Morgan fingerprint density at radius 1 is 1.18 bits per heavy atom. The molecule has 28 heavy (non-hydrogen) atoms. The van der Waals surface area contributed by atoms with Crippen molar-refractivity contribution in [2.45, 2.75) is 24.7 Å². The van der Waals surface area contributed by atoms with Crippen molar-refractivity contribution in [3.63, 3.8) is 0 Å². The SMILES string of the molecule is CCCCN1C(SCC(=O)Nc2ccc(F)cc2)=NS(=O)(=O)c2ccccc21. The number of amides is 1. The highest BCUT2D eigenvalue weighted by molar-refractivity contribution is 8.15. The number of nitrogens with zero attached hydrogens (tertiary/aromatic N) is 2. The monoisotopic (exact) mass is 421 g/mol. The van der Waals surface area contributed by atoms with Crippen LogP contribution in [0.15, 0.2) is 57.8 Å². The van der Waals surface area contributed by atoms with Crippen molar-refractivity contribution in [3.8, 4) is 0 Å². The van der Waals surface area contributed by atoms with Gasteiger partial charge in [-0.2, -0.15) is 8.42 Å². The van der Waals surface area contributed by atoms with Crippen LogP contribution in [0, 0.1) is 5.82 Å². The molecule has 1 N–H and O–H groups in total. The Morgan fingerprint density at radius 3 is 2.61 bits per heavy atom. The first-order valence-electron chi connectivity index (χ1n) is 8.80. The van der Waals surface area contributed by atoms with Crippen LogP contribution >= 0.6 is 11.8 Å². The second-order valence-electron chi connectivity index (χ2n) is 6.17. The third kappa shape index (κ3) is 4.71. The van der Waals surface area contributed by atoms with Crippen LogP contribution in [0.2, 0.25) is 0 Å². The first kappa shape index (κ1) is 20.3. The lowest BCUT2D eigenvalue weighted by Gasteiger charge is -2.30. The van der Waals surface area contributed by atoms with Crippen LogP contribution in [0.5, 0.6) is 0 Å². The van der Waals surface area contributed by atoms with Gasteiger partial charge in [0.1, 0.15) is 10.7 Å². The number of anilines is 2. The minimum Gasteiger partial charge on any atom is -0.325 e. The lowest BCUT2D eigenvalue weighted by atomic mass is 10.2. The normalized spacial score (nSPS) is 14.9. The summed E-state index contributed by atoms with van der Waals surface area (Å²) in [7, 11) is -3.81. The van der Waals surface area contributed by atoms with Gasteiger partial charge in [-0.05, 0) is 42.8 Å². The maximum absolute atomic E-state index is 13.0. The number of unbranched alkanes of at least 4 members (excludes halogenated alkanes) is 1. The molecule has 1 amide bonds. The maximum Gasteiger partial charge on any atom is 0.286 e. The Bertz CT molecular complexity index is 992. The predicted molar refractivity (Wildman–Crippen MR) is 111 cm³/mol. The number of benzene rings is 2. The number of thioether (sulfide) groups is 1. The zero-order valence-electron chi connectivity index (χ0n) is 15.3. The highest BCUT2D eigenvalue weighted by atomic mass is 32.2. The summed E-state index contributed by atoms with van der Waals surface area (Å²) in [4.78, 5) is 14.2. The summed E-state index contributed by atoms with van der Waals surface area (Å²) >= 11 is 1.06. The molecule has 1 aliphatic rings. The van der Waals surface area contributed by atoms with Crippen LogP contribution in [0.4, 0.5) is 15.8 Å². The number of rotatable bonds is 6. The summed E-state index contributed by atoms with van der Waals surface area (Å²) in [5.74, 6) is -0.735. The van der Waals surface area contributed by atoms with Gasteiger partial charge in [0.05, 0.1) is 11.4 Å². The van der Waals surface area contributed by atoms with Crippen molar-refractivity contribution < 1.29 is 17.6 Å². The second kappa shape index (κ2) is 8.74. The van der Waals surface area contributed by atoms with Gasteiger partial charge in [-0.15, -0.1) is 4.40 Å². The molecule has 0 bridgehead atoms. The molecular formula is C19H20FN3O3S2. The zero-order valence-corrected chi connectivity index (χ0v) is 16.9. The summed E-state index contributed by atoms with van der Waals surface area (Å²) in [6.45, 7) is 2.65. The number of hydrogen-bond donors (Lipinski definition) is 1. The molecule has 0 atom stereocenters. The van der Waals surface area contributed by atoms with Gasteiger partial charge in [0, 0.05) is 12.2 Å². The van der Waals surface area contributed by atoms with Gasteiger partial charge < -0.3 is 10.2 Å². The van der Waals surface area contributed by atoms with E-state index in [9.17, 15) is 17.6 Å². The van der Waals surface area contributed by atoms with Gasteiger partial charge in [-0.1, -0.05) is 37.2 Å². The number of nitrogens with one attached hydrogen (secondary N) is 1. The fraction of sp³-hybridized carbons (Fsp3) is 0.263. The maximum atomic E-state index is 13.0. The molecule has 2 aromatic rings. The summed E-state index contributed by atoms with van der Waals surface area (Å²) in [6.07, 6.45) is 1.80. The largest absolute Gasteiger partial charge is 0.325 e. The van der Waals surface area contributed by atoms with E-state index in [-0.39, 0.29) is 27.5 Å². The molecule has 1 aliphatic heterocycles. The van der Waals surface area contributed by atoms with E-state index in [1.807, 2.05) is 11.8 Å². The third-order valence-corrected chi connectivity index (χ3v) is 6.47. The Balaban J connectivity index is 1.76. The molecule has 2 aromatic carbocycles. The van der Waals surface area contributed by atoms with Crippen molar-refractivity contribution in [2.75, 3.05) is 22.5 Å². The molecule has 0 fully saturated rings. The number of carbonyl (C=O) groups excluding carboxylic acids is 1.